The average Bonchev–Trinajstić information content (AvgIpc) is 3.18. The lowest BCUT2D eigenvalue weighted by atomic mass is 10.2. The van der Waals surface area contributed by atoms with Crippen LogP contribution >= 0.6 is 11.3 Å². The Hall–Kier alpha value is -1.95. The molecule has 3 aromatic rings. The number of nitrogens with zero attached hydrogens (tertiary/aromatic N) is 4. The highest BCUT2D eigenvalue weighted by atomic mass is 32.1. The Kier molecular flexibility index (Phi) is 3.33. The van der Waals surface area contributed by atoms with Crippen LogP contribution in [0.1, 0.15) is 35.0 Å². The third kappa shape index (κ3) is 2.18. The Labute approximate surface area is 133 Å². The molecule has 0 spiro atoms. The molecule has 1 N–H and O–H groups in total. The van der Waals surface area contributed by atoms with Gasteiger partial charge in [-0.05, 0) is 31.2 Å². The first-order valence-electron chi connectivity index (χ1n) is 7.76. The fourth-order valence-electron chi connectivity index (χ4n) is 3.27. The summed E-state index contributed by atoms with van der Waals surface area (Å²) in [6, 6.07) is 0. The molecule has 22 heavy (non-hydrogen) atoms. The number of thiophene rings is 1. The number of fused-ring (bicyclic) bond motifs is 3. The van der Waals surface area contributed by atoms with Gasteiger partial charge in [-0.3, -0.25) is 4.68 Å². The second-order valence-electron chi connectivity index (χ2n) is 5.74. The Bertz CT molecular complexity index is 833. The summed E-state index contributed by atoms with van der Waals surface area (Å²) >= 11 is 1.83. The van der Waals surface area contributed by atoms with Crippen LogP contribution in [0.3, 0.4) is 0 Å². The number of hydrogen-bond acceptors (Lipinski definition) is 5. The summed E-state index contributed by atoms with van der Waals surface area (Å²) in [5, 5.41) is 9.25. The van der Waals surface area contributed by atoms with E-state index in [4.69, 9.17) is 0 Å². The molecule has 0 amide bonds. The Morgan fingerprint density at radius 1 is 1.32 bits per heavy atom. The van der Waals surface area contributed by atoms with Crippen LogP contribution in [0.5, 0.6) is 0 Å². The number of hydrogen-bond donors (Lipinski definition) is 1. The van der Waals surface area contributed by atoms with E-state index in [0.717, 1.165) is 35.7 Å². The minimum Gasteiger partial charge on any atom is -0.365 e. The Morgan fingerprint density at radius 3 is 3.09 bits per heavy atom. The van der Waals surface area contributed by atoms with Crippen LogP contribution in [-0.2, 0) is 32.9 Å². The summed E-state index contributed by atoms with van der Waals surface area (Å²) < 4.78 is 1.88. The molecule has 0 saturated heterocycles. The molecule has 4 rings (SSSR count). The molecule has 0 radical (unpaired) electrons. The molecule has 3 aromatic heterocycles. The highest BCUT2D eigenvalue weighted by Crippen LogP contribution is 2.39. The van der Waals surface area contributed by atoms with Gasteiger partial charge in [0.1, 0.15) is 17.0 Å². The van der Waals surface area contributed by atoms with E-state index in [0.29, 0.717) is 0 Å². The third-order valence-corrected chi connectivity index (χ3v) is 5.47. The maximum atomic E-state index is 4.50. The SMILES string of the molecule is CCc1nn(C)cc1CNc1ncnc2sc3c(c12)CCC3. The van der Waals surface area contributed by atoms with E-state index in [1.54, 1.807) is 6.33 Å². The Balaban J connectivity index is 1.67. The standard InChI is InChI=1S/C16H19N5S/c1-3-12-10(8-21(2)20-12)7-17-15-14-11-5-4-6-13(11)22-16(14)19-9-18-15/h8-9H,3-7H2,1-2H3,(H,17,18,19). The van der Waals surface area contributed by atoms with Crippen LogP contribution in [0.4, 0.5) is 5.82 Å². The van der Waals surface area contributed by atoms with Gasteiger partial charge in [-0.1, -0.05) is 6.92 Å². The summed E-state index contributed by atoms with van der Waals surface area (Å²) in [6.45, 7) is 2.90. The normalized spacial score (nSPS) is 13.7. The van der Waals surface area contributed by atoms with Crippen molar-refractivity contribution >= 4 is 27.4 Å². The zero-order valence-electron chi connectivity index (χ0n) is 12.9. The molecule has 0 bridgehead atoms. The number of rotatable bonds is 4. The van der Waals surface area contributed by atoms with Crippen LogP contribution in [0.2, 0.25) is 0 Å². The van der Waals surface area contributed by atoms with Crippen LogP contribution in [0, 0.1) is 0 Å². The maximum Gasteiger partial charge on any atom is 0.138 e. The smallest absolute Gasteiger partial charge is 0.138 e. The van der Waals surface area contributed by atoms with Crippen molar-refractivity contribution in [3.63, 3.8) is 0 Å². The van der Waals surface area contributed by atoms with Crippen molar-refractivity contribution in [1.29, 1.82) is 0 Å². The lowest BCUT2D eigenvalue weighted by Gasteiger charge is -2.07. The van der Waals surface area contributed by atoms with E-state index in [1.807, 2.05) is 23.1 Å². The van der Waals surface area contributed by atoms with Gasteiger partial charge in [0.05, 0.1) is 11.1 Å². The molecule has 0 unspecified atom stereocenters. The largest absolute Gasteiger partial charge is 0.365 e. The van der Waals surface area contributed by atoms with Crippen molar-refractivity contribution in [2.45, 2.75) is 39.2 Å². The van der Waals surface area contributed by atoms with Gasteiger partial charge in [-0.25, -0.2) is 9.97 Å². The molecule has 1 aliphatic carbocycles. The quantitative estimate of drug-likeness (QED) is 0.804. The third-order valence-electron chi connectivity index (χ3n) is 4.27. The summed E-state index contributed by atoms with van der Waals surface area (Å²) in [7, 11) is 1.97. The van der Waals surface area contributed by atoms with Crippen molar-refractivity contribution < 1.29 is 0 Å². The van der Waals surface area contributed by atoms with Gasteiger partial charge < -0.3 is 5.32 Å². The van der Waals surface area contributed by atoms with Gasteiger partial charge in [0.15, 0.2) is 0 Å². The molecule has 0 saturated carbocycles. The van der Waals surface area contributed by atoms with E-state index in [2.05, 4.69) is 33.5 Å². The predicted molar refractivity (Wildman–Crippen MR) is 89.4 cm³/mol. The fraction of sp³-hybridized carbons (Fsp3) is 0.438. The fourth-order valence-corrected chi connectivity index (χ4v) is 4.50. The van der Waals surface area contributed by atoms with Gasteiger partial charge >= 0.3 is 0 Å². The van der Waals surface area contributed by atoms with Crippen molar-refractivity contribution in [1.82, 2.24) is 19.7 Å². The number of aryl methyl sites for hydroxylation is 4. The summed E-state index contributed by atoms with van der Waals surface area (Å²) in [4.78, 5) is 11.5. The lowest BCUT2D eigenvalue weighted by Crippen LogP contribution is -2.04. The monoisotopic (exact) mass is 313 g/mol. The molecule has 3 heterocycles. The van der Waals surface area contributed by atoms with E-state index in [9.17, 15) is 0 Å². The van der Waals surface area contributed by atoms with Gasteiger partial charge in [-0.15, -0.1) is 11.3 Å². The molecule has 5 nitrogen and oxygen atoms in total. The number of nitrogens with one attached hydrogen (secondary N) is 1. The van der Waals surface area contributed by atoms with E-state index >= 15 is 0 Å². The zero-order chi connectivity index (χ0) is 15.1. The van der Waals surface area contributed by atoms with Crippen molar-refractivity contribution in [2.75, 3.05) is 5.32 Å². The van der Waals surface area contributed by atoms with E-state index in [1.165, 1.54) is 34.2 Å². The molecule has 0 aliphatic heterocycles. The van der Waals surface area contributed by atoms with Crippen LogP contribution in [0.15, 0.2) is 12.5 Å². The van der Waals surface area contributed by atoms with E-state index in [-0.39, 0.29) is 0 Å². The Morgan fingerprint density at radius 2 is 2.23 bits per heavy atom. The van der Waals surface area contributed by atoms with Crippen molar-refractivity contribution in [2.24, 2.45) is 7.05 Å². The minimum atomic E-state index is 0.758. The predicted octanol–water partition coefficient (Wildman–Crippen LogP) is 3.09. The molecule has 1 aliphatic rings. The maximum absolute atomic E-state index is 4.50. The molecular weight excluding hydrogens is 294 g/mol. The molecule has 0 atom stereocenters. The topological polar surface area (TPSA) is 55.6 Å². The van der Waals surface area contributed by atoms with Gasteiger partial charge in [0, 0.05) is 30.2 Å². The van der Waals surface area contributed by atoms with E-state index < -0.39 is 0 Å². The average molecular weight is 313 g/mol. The lowest BCUT2D eigenvalue weighted by molar-refractivity contribution is 0.746. The number of anilines is 1. The first-order valence-corrected chi connectivity index (χ1v) is 8.58. The van der Waals surface area contributed by atoms with Crippen LogP contribution in [0.25, 0.3) is 10.2 Å². The summed E-state index contributed by atoms with van der Waals surface area (Å²) in [6.07, 6.45) is 8.31. The highest BCUT2D eigenvalue weighted by Gasteiger charge is 2.21. The van der Waals surface area contributed by atoms with Crippen LogP contribution < -0.4 is 5.32 Å². The van der Waals surface area contributed by atoms with Gasteiger partial charge in [0.25, 0.3) is 0 Å². The number of aromatic nitrogens is 4. The second kappa shape index (κ2) is 5.35. The molecular formula is C16H19N5S. The van der Waals surface area contributed by atoms with Crippen LogP contribution in [-0.4, -0.2) is 19.7 Å². The first kappa shape index (κ1) is 13.7. The highest BCUT2D eigenvalue weighted by molar-refractivity contribution is 7.19. The van der Waals surface area contributed by atoms with Crippen molar-refractivity contribution in [3.05, 3.63) is 34.2 Å². The molecule has 0 fully saturated rings. The summed E-state index contributed by atoms with van der Waals surface area (Å²) in [5.41, 5.74) is 3.85. The molecule has 6 heteroatoms. The van der Waals surface area contributed by atoms with Gasteiger partial charge in [0.2, 0.25) is 0 Å². The van der Waals surface area contributed by atoms with Crippen molar-refractivity contribution in [3.8, 4) is 0 Å². The molecule has 0 aromatic carbocycles. The second-order valence-corrected chi connectivity index (χ2v) is 6.83. The van der Waals surface area contributed by atoms with Gasteiger partial charge in [-0.2, -0.15) is 5.10 Å². The molecule has 114 valence electrons. The summed E-state index contributed by atoms with van der Waals surface area (Å²) in [5.74, 6) is 0.968. The first-order chi connectivity index (χ1) is 10.8. The zero-order valence-corrected chi connectivity index (χ0v) is 13.7. The minimum absolute atomic E-state index is 0.758.